The van der Waals surface area contributed by atoms with Gasteiger partial charge in [-0.05, 0) is 92.3 Å². The van der Waals surface area contributed by atoms with Gasteiger partial charge in [0.1, 0.15) is 0 Å². The van der Waals surface area contributed by atoms with Gasteiger partial charge in [0, 0.05) is 6.04 Å². The highest BCUT2D eigenvalue weighted by Crippen LogP contribution is 2.66. The topological polar surface area (TPSA) is 46.2 Å². The van der Waals surface area contributed by atoms with Gasteiger partial charge in [-0.15, -0.1) is 0 Å². The Bertz CT molecular complexity index is 424. The minimum absolute atomic E-state index is 0.0336. The fourth-order valence-electron chi connectivity index (χ4n) is 7.26. The maximum absolute atomic E-state index is 10.5. The van der Waals surface area contributed by atoms with Crippen LogP contribution in [0.3, 0.4) is 0 Å². The largest absolute Gasteiger partial charge is 0.393 e. The molecule has 4 aliphatic carbocycles. The first-order chi connectivity index (χ1) is 9.95. The number of nitrogens with two attached hydrogens (primary N) is 1. The van der Waals surface area contributed by atoms with Gasteiger partial charge in [0.05, 0.1) is 6.10 Å². The van der Waals surface area contributed by atoms with E-state index in [1.54, 1.807) is 0 Å². The summed E-state index contributed by atoms with van der Waals surface area (Å²) in [5.74, 6) is 3.46. The van der Waals surface area contributed by atoms with E-state index in [2.05, 4.69) is 13.8 Å². The summed E-state index contributed by atoms with van der Waals surface area (Å²) in [5, 5.41) is 10.5. The summed E-state index contributed by atoms with van der Waals surface area (Å²) in [6, 6.07) is 0.460. The Hall–Kier alpha value is -0.0800. The number of hydrogen-bond donors (Lipinski definition) is 2. The van der Waals surface area contributed by atoms with Gasteiger partial charge in [-0.2, -0.15) is 0 Å². The lowest BCUT2D eigenvalue weighted by molar-refractivity contribution is -0.122. The van der Waals surface area contributed by atoms with Crippen LogP contribution in [0.2, 0.25) is 0 Å². The van der Waals surface area contributed by atoms with E-state index in [0.717, 1.165) is 30.1 Å². The number of fused-ring (bicyclic) bond motifs is 5. The fourth-order valence-corrected chi connectivity index (χ4v) is 7.26. The van der Waals surface area contributed by atoms with Crippen molar-refractivity contribution < 1.29 is 5.11 Å². The predicted molar refractivity (Wildman–Crippen MR) is 85.7 cm³/mol. The molecule has 8 atom stereocenters. The minimum atomic E-state index is -0.0336. The zero-order chi connectivity index (χ0) is 14.8. The maximum Gasteiger partial charge on any atom is 0.0596 e. The van der Waals surface area contributed by atoms with Crippen molar-refractivity contribution in [1.82, 2.24) is 0 Å². The molecule has 0 aromatic carbocycles. The summed E-state index contributed by atoms with van der Waals surface area (Å²) < 4.78 is 0. The van der Waals surface area contributed by atoms with Crippen molar-refractivity contribution in [1.29, 1.82) is 0 Å². The van der Waals surface area contributed by atoms with Gasteiger partial charge < -0.3 is 10.8 Å². The van der Waals surface area contributed by atoms with Crippen LogP contribution in [-0.2, 0) is 0 Å². The standard InChI is InChI=1S/C19H33NO/c1-18-9-7-13(20)11-12(18)3-4-14-15-5-6-17(21)19(15,2)10-8-16(14)18/h12-17,21H,3-11,20H2,1-2H3/t12-,13+,14-,15-,16-,17+,18-,19-/m0/s1. The number of aliphatic hydroxyl groups excluding tert-OH is 1. The van der Waals surface area contributed by atoms with Crippen LogP contribution in [0.1, 0.15) is 71.6 Å². The number of aliphatic hydroxyl groups is 1. The average molecular weight is 291 g/mol. The highest BCUT2D eigenvalue weighted by molar-refractivity contribution is 5.09. The Morgan fingerprint density at radius 1 is 0.857 bits per heavy atom. The zero-order valence-corrected chi connectivity index (χ0v) is 13.9. The van der Waals surface area contributed by atoms with Crippen molar-refractivity contribution in [3.63, 3.8) is 0 Å². The van der Waals surface area contributed by atoms with Gasteiger partial charge in [0.2, 0.25) is 0 Å². The van der Waals surface area contributed by atoms with Crippen LogP contribution in [0.5, 0.6) is 0 Å². The molecule has 0 heterocycles. The summed E-state index contributed by atoms with van der Waals surface area (Å²) in [4.78, 5) is 0. The molecule has 4 aliphatic rings. The molecule has 3 N–H and O–H groups in total. The molecule has 0 aliphatic heterocycles. The van der Waals surface area contributed by atoms with Crippen molar-refractivity contribution in [3.05, 3.63) is 0 Å². The molecule has 0 amide bonds. The second kappa shape index (κ2) is 4.71. The van der Waals surface area contributed by atoms with Gasteiger partial charge in [0.25, 0.3) is 0 Å². The zero-order valence-electron chi connectivity index (χ0n) is 13.9. The third kappa shape index (κ3) is 1.91. The molecule has 2 nitrogen and oxygen atoms in total. The lowest BCUT2D eigenvalue weighted by Gasteiger charge is -2.60. The molecule has 120 valence electrons. The van der Waals surface area contributed by atoms with Crippen molar-refractivity contribution >= 4 is 0 Å². The van der Waals surface area contributed by atoms with E-state index in [-0.39, 0.29) is 11.5 Å². The van der Waals surface area contributed by atoms with Crippen LogP contribution in [0, 0.1) is 34.5 Å². The molecule has 21 heavy (non-hydrogen) atoms. The Kier molecular flexibility index (Phi) is 3.25. The number of hydrogen-bond acceptors (Lipinski definition) is 2. The third-order valence-electron chi connectivity index (χ3n) is 8.66. The quantitative estimate of drug-likeness (QED) is 0.714. The smallest absolute Gasteiger partial charge is 0.0596 e. The molecule has 4 saturated carbocycles. The van der Waals surface area contributed by atoms with Gasteiger partial charge in [0.15, 0.2) is 0 Å². The van der Waals surface area contributed by atoms with Crippen molar-refractivity contribution in [2.75, 3.05) is 0 Å². The Morgan fingerprint density at radius 2 is 1.57 bits per heavy atom. The van der Waals surface area contributed by atoms with E-state index in [1.165, 1.54) is 51.4 Å². The van der Waals surface area contributed by atoms with Crippen molar-refractivity contribution in [2.24, 2.45) is 40.2 Å². The molecule has 0 unspecified atom stereocenters. The maximum atomic E-state index is 10.5. The second-order valence-electron chi connectivity index (χ2n) is 9.33. The van der Waals surface area contributed by atoms with E-state index in [4.69, 9.17) is 5.73 Å². The number of rotatable bonds is 0. The van der Waals surface area contributed by atoms with Crippen LogP contribution >= 0.6 is 0 Å². The lowest BCUT2D eigenvalue weighted by Crippen LogP contribution is -2.55. The van der Waals surface area contributed by atoms with Crippen molar-refractivity contribution in [3.8, 4) is 0 Å². The predicted octanol–water partition coefficient (Wildman–Crippen LogP) is 3.72. The molecule has 0 aromatic rings. The van der Waals surface area contributed by atoms with Crippen LogP contribution in [0.4, 0.5) is 0 Å². The van der Waals surface area contributed by atoms with Gasteiger partial charge >= 0.3 is 0 Å². The molecule has 0 radical (unpaired) electrons. The second-order valence-corrected chi connectivity index (χ2v) is 9.33. The monoisotopic (exact) mass is 291 g/mol. The highest BCUT2D eigenvalue weighted by Gasteiger charge is 2.59. The first-order valence-electron chi connectivity index (χ1n) is 9.39. The first kappa shape index (κ1) is 14.5. The molecule has 0 aromatic heterocycles. The van der Waals surface area contributed by atoms with Gasteiger partial charge in [-0.25, -0.2) is 0 Å². The van der Waals surface area contributed by atoms with E-state index in [0.29, 0.717) is 11.5 Å². The molecule has 2 heteroatoms. The summed E-state index contributed by atoms with van der Waals surface area (Å²) in [6.45, 7) is 4.98. The fraction of sp³-hybridized carbons (Fsp3) is 1.00. The lowest BCUT2D eigenvalue weighted by atomic mass is 9.45. The molecular weight excluding hydrogens is 258 g/mol. The third-order valence-corrected chi connectivity index (χ3v) is 8.66. The van der Waals surface area contributed by atoms with E-state index >= 15 is 0 Å². The van der Waals surface area contributed by atoms with E-state index in [1.807, 2.05) is 0 Å². The molecule has 4 fully saturated rings. The Labute approximate surface area is 129 Å². The Balaban J connectivity index is 1.62. The van der Waals surface area contributed by atoms with E-state index < -0.39 is 0 Å². The molecule has 0 bridgehead atoms. The van der Waals surface area contributed by atoms with Crippen LogP contribution in [0.15, 0.2) is 0 Å². The first-order valence-corrected chi connectivity index (χ1v) is 9.39. The minimum Gasteiger partial charge on any atom is -0.393 e. The van der Waals surface area contributed by atoms with Crippen LogP contribution in [-0.4, -0.2) is 17.3 Å². The average Bonchev–Trinajstić information content (AvgIpc) is 2.76. The normalized spacial score (nSPS) is 60.0. The van der Waals surface area contributed by atoms with Gasteiger partial charge in [-0.1, -0.05) is 13.8 Å². The van der Waals surface area contributed by atoms with Crippen LogP contribution < -0.4 is 5.73 Å². The molecule has 4 rings (SSSR count). The molecular formula is C19H33NO. The summed E-state index contributed by atoms with van der Waals surface area (Å²) in [6.07, 6.45) is 11.6. The highest BCUT2D eigenvalue weighted by atomic mass is 16.3. The SMILES string of the molecule is C[C@]12CC[C@@H](N)C[C@@H]1CC[C@@H]1[C@@H]2CC[C@]2(C)[C@H](O)CC[C@@H]12. The van der Waals surface area contributed by atoms with Crippen molar-refractivity contribution in [2.45, 2.75) is 83.8 Å². The summed E-state index contributed by atoms with van der Waals surface area (Å²) >= 11 is 0. The summed E-state index contributed by atoms with van der Waals surface area (Å²) in [7, 11) is 0. The van der Waals surface area contributed by atoms with Gasteiger partial charge in [-0.3, -0.25) is 0 Å². The Morgan fingerprint density at radius 3 is 2.38 bits per heavy atom. The molecule has 0 saturated heterocycles. The molecule has 0 spiro atoms. The summed E-state index contributed by atoms with van der Waals surface area (Å²) in [5.41, 5.74) is 7.04. The van der Waals surface area contributed by atoms with E-state index in [9.17, 15) is 5.11 Å². The van der Waals surface area contributed by atoms with Crippen LogP contribution in [0.25, 0.3) is 0 Å².